The highest BCUT2D eigenvalue weighted by Gasteiger charge is 2.34. The van der Waals surface area contributed by atoms with Crippen LogP contribution in [0, 0.1) is 5.41 Å². The van der Waals surface area contributed by atoms with Crippen LogP contribution >= 0.6 is 0 Å². The molecule has 0 saturated heterocycles. The van der Waals surface area contributed by atoms with E-state index in [4.69, 9.17) is 5.11 Å². The fourth-order valence-corrected chi connectivity index (χ4v) is 1.34. The number of aliphatic carboxylic acids is 1. The summed E-state index contributed by atoms with van der Waals surface area (Å²) in [5.74, 6) is -0.741. The number of carboxylic acid groups (broad SMARTS) is 1. The highest BCUT2D eigenvalue weighted by atomic mass is 16.4. The van der Waals surface area contributed by atoms with Crippen molar-refractivity contribution in [1.29, 1.82) is 0 Å². The summed E-state index contributed by atoms with van der Waals surface area (Å²) in [6.45, 7) is 5.46. The zero-order chi connectivity index (χ0) is 10.8. The minimum Gasteiger partial charge on any atom is -0.481 e. The zero-order valence-corrected chi connectivity index (χ0v) is 8.82. The van der Waals surface area contributed by atoms with Gasteiger partial charge in [-0.15, -0.1) is 0 Å². The third-order valence-electron chi connectivity index (χ3n) is 2.93. The molecule has 2 nitrogen and oxygen atoms in total. The molecular formula is C12H16O2. The van der Waals surface area contributed by atoms with Gasteiger partial charge in [0.1, 0.15) is 0 Å². The van der Waals surface area contributed by atoms with Gasteiger partial charge in [-0.05, 0) is 25.3 Å². The fourth-order valence-electron chi connectivity index (χ4n) is 1.34. The Morgan fingerprint density at radius 2 is 1.79 bits per heavy atom. The summed E-state index contributed by atoms with van der Waals surface area (Å²) in [6.07, 6.45) is 0. The Labute approximate surface area is 84.6 Å². The van der Waals surface area contributed by atoms with Crippen molar-refractivity contribution in [2.75, 3.05) is 0 Å². The van der Waals surface area contributed by atoms with E-state index in [9.17, 15) is 4.79 Å². The summed E-state index contributed by atoms with van der Waals surface area (Å²) < 4.78 is 0. The van der Waals surface area contributed by atoms with Crippen LogP contribution in [0.15, 0.2) is 30.3 Å². The molecule has 1 N–H and O–H groups in total. The summed E-state index contributed by atoms with van der Waals surface area (Å²) in [6, 6.07) is 9.74. The van der Waals surface area contributed by atoms with Crippen molar-refractivity contribution in [3.8, 4) is 0 Å². The first kappa shape index (κ1) is 10.8. The highest BCUT2D eigenvalue weighted by molar-refractivity contribution is 5.75. The molecule has 0 bridgehead atoms. The minimum atomic E-state index is -0.756. The quantitative estimate of drug-likeness (QED) is 0.799. The average molecular weight is 192 g/mol. The van der Waals surface area contributed by atoms with Crippen LogP contribution in [-0.2, 0) is 4.79 Å². The Morgan fingerprint density at radius 3 is 2.21 bits per heavy atom. The maximum absolute atomic E-state index is 11.0. The smallest absolute Gasteiger partial charge is 0.309 e. The van der Waals surface area contributed by atoms with Crippen molar-refractivity contribution in [3.05, 3.63) is 35.9 Å². The van der Waals surface area contributed by atoms with E-state index in [2.05, 4.69) is 0 Å². The van der Waals surface area contributed by atoms with Gasteiger partial charge in [-0.3, -0.25) is 4.79 Å². The van der Waals surface area contributed by atoms with Gasteiger partial charge < -0.3 is 5.11 Å². The molecular weight excluding hydrogens is 176 g/mol. The molecule has 0 aliphatic rings. The monoisotopic (exact) mass is 192 g/mol. The van der Waals surface area contributed by atoms with Gasteiger partial charge in [-0.1, -0.05) is 37.3 Å². The zero-order valence-electron chi connectivity index (χ0n) is 8.82. The second kappa shape index (κ2) is 3.82. The minimum absolute atomic E-state index is 0.0150. The van der Waals surface area contributed by atoms with Crippen LogP contribution in [0.25, 0.3) is 0 Å². The van der Waals surface area contributed by atoms with Crippen molar-refractivity contribution < 1.29 is 9.90 Å². The van der Waals surface area contributed by atoms with E-state index >= 15 is 0 Å². The van der Waals surface area contributed by atoms with E-state index < -0.39 is 11.4 Å². The SMILES string of the molecule is C[C@@H](c1ccccc1)C(C)(C)C(=O)O. The molecule has 1 aromatic rings. The van der Waals surface area contributed by atoms with Crippen LogP contribution in [0.5, 0.6) is 0 Å². The predicted octanol–water partition coefficient (Wildman–Crippen LogP) is 2.90. The molecule has 0 amide bonds. The van der Waals surface area contributed by atoms with Gasteiger partial charge in [-0.2, -0.15) is 0 Å². The molecule has 1 rings (SSSR count). The van der Waals surface area contributed by atoms with Gasteiger partial charge in [0.05, 0.1) is 5.41 Å². The lowest BCUT2D eigenvalue weighted by molar-refractivity contribution is -0.148. The van der Waals surface area contributed by atoms with Gasteiger partial charge >= 0.3 is 5.97 Å². The number of carbonyl (C=O) groups is 1. The lowest BCUT2D eigenvalue weighted by atomic mass is 9.76. The summed E-state index contributed by atoms with van der Waals surface area (Å²) >= 11 is 0. The van der Waals surface area contributed by atoms with Gasteiger partial charge in [-0.25, -0.2) is 0 Å². The molecule has 0 saturated carbocycles. The Balaban J connectivity index is 2.96. The summed E-state index contributed by atoms with van der Waals surface area (Å²) in [5.41, 5.74) is 0.348. The molecule has 0 fully saturated rings. The summed E-state index contributed by atoms with van der Waals surface area (Å²) in [5, 5.41) is 9.07. The second-order valence-corrected chi connectivity index (χ2v) is 4.16. The van der Waals surface area contributed by atoms with E-state index in [-0.39, 0.29) is 5.92 Å². The molecule has 1 aromatic carbocycles. The Morgan fingerprint density at radius 1 is 1.29 bits per heavy atom. The van der Waals surface area contributed by atoms with Crippen LogP contribution < -0.4 is 0 Å². The third-order valence-corrected chi connectivity index (χ3v) is 2.93. The number of hydrogen-bond acceptors (Lipinski definition) is 1. The molecule has 0 unspecified atom stereocenters. The van der Waals surface area contributed by atoms with Gasteiger partial charge in [0.15, 0.2) is 0 Å². The molecule has 2 heteroatoms. The maximum atomic E-state index is 11.0. The van der Waals surface area contributed by atoms with E-state index in [1.54, 1.807) is 13.8 Å². The average Bonchev–Trinajstić information content (AvgIpc) is 2.17. The van der Waals surface area contributed by atoms with Crippen molar-refractivity contribution in [3.63, 3.8) is 0 Å². The van der Waals surface area contributed by atoms with Crippen LogP contribution in [0.4, 0.5) is 0 Å². The fraction of sp³-hybridized carbons (Fsp3) is 0.417. The molecule has 0 aromatic heterocycles. The van der Waals surface area contributed by atoms with Crippen LogP contribution in [-0.4, -0.2) is 11.1 Å². The van der Waals surface area contributed by atoms with Gasteiger partial charge in [0.2, 0.25) is 0 Å². The summed E-state index contributed by atoms with van der Waals surface area (Å²) in [7, 11) is 0. The van der Waals surface area contributed by atoms with Gasteiger partial charge in [0, 0.05) is 0 Å². The normalized spacial score (nSPS) is 13.6. The lowest BCUT2D eigenvalue weighted by Gasteiger charge is -2.27. The van der Waals surface area contributed by atoms with Crippen molar-refractivity contribution in [2.24, 2.45) is 5.41 Å². The number of benzene rings is 1. The molecule has 0 aliphatic heterocycles. The van der Waals surface area contributed by atoms with E-state index in [0.717, 1.165) is 5.56 Å². The van der Waals surface area contributed by atoms with Crippen molar-refractivity contribution >= 4 is 5.97 Å². The highest BCUT2D eigenvalue weighted by Crippen LogP contribution is 2.34. The lowest BCUT2D eigenvalue weighted by Crippen LogP contribution is -2.29. The Bertz CT molecular complexity index is 314. The standard InChI is InChI=1S/C12H16O2/c1-9(12(2,3)11(13)14)10-7-5-4-6-8-10/h4-9H,1-3H3,(H,13,14)/t9-/m0/s1. The molecule has 0 heterocycles. The Hall–Kier alpha value is -1.31. The first-order valence-corrected chi connectivity index (χ1v) is 4.74. The van der Waals surface area contributed by atoms with E-state index in [1.807, 2.05) is 37.3 Å². The first-order valence-electron chi connectivity index (χ1n) is 4.74. The Kier molecular flexibility index (Phi) is 2.94. The maximum Gasteiger partial charge on any atom is 0.309 e. The van der Waals surface area contributed by atoms with Crippen molar-refractivity contribution in [2.45, 2.75) is 26.7 Å². The molecule has 0 spiro atoms. The van der Waals surface area contributed by atoms with Crippen molar-refractivity contribution in [1.82, 2.24) is 0 Å². The van der Waals surface area contributed by atoms with Gasteiger partial charge in [0.25, 0.3) is 0 Å². The number of rotatable bonds is 3. The number of hydrogen-bond donors (Lipinski definition) is 1. The van der Waals surface area contributed by atoms with E-state index in [1.165, 1.54) is 0 Å². The molecule has 1 atom stereocenters. The largest absolute Gasteiger partial charge is 0.481 e. The predicted molar refractivity (Wildman–Crippen MR) is 56.3 cm³/mol. The molecule has 76 valence electrons. The van der Waals surface area contributed by atoms with Crippen LogP contribution in [0.1, 0.15) is 32.3 Å². The first-order chi connectivity index (χ1) is 6.46. The van der Waals surface area contributed by atoms with Crippen LogP contribution in [0.3, 0.4) is 0 Å². The molecule has 14 heavy (non-hydrogen) atoms. The van der Waals surface area contributed by atoms with E-state index in [0.29, 0.717) is 0 Å². The number of carboxylic acids is 1. The molecule has 0 radical (unpaired) electrons. The van der Waals surface area contributed by atoms with Crippen LogP contribution in [0.2, 0.25) is 0 Å². The molecule has 0 aliphatic carbocycles. The third kappa shape index (κ3) is 1.95. The topological polar surface area (TPSA) is 37.3 Å². The second-order valence-electron chi connectivity index (χ2n) is 4.16. The summed E-state index contributed by atoms with van der Waals surface area (Å²) in [4.78, 5) is 11.0.